The minimum atomic E-state index is -0.982. The summed E-state index contributed by atoms with van der Waals surface area (Å²) in [6.07, 6.45) is 1.50. The zero-order valence-electron chi connectivity index (χ0n) is 17.3. The number of ether oxygens (including phenoxy) is 1. The van der Waals surface area contributed by atoms with Crippen molar-refractivity contribution >= 4 is 17.5 Å². The van der Waals surface area contributed by atoms with Crippen LogP contribution in [0.5, 0.6) is 5.75 Å². The minimum Gasteiger partial charge on any atom is -0.489 e. The number of aryl methyl sites for hydroxylation is 1. The van der Waals surface area contributed by atoms with Gasteiger partial charge in [0.15, 0.2) is 0 Å². The molecule has 0 radical (unpaired) electrons. The lowest BCUT2D eigenvalue weighted by atomic mass is 10.1. The van der Waals surface area contributed by atoms with E-state index >= 15 is 0 Å². The Kier molecular flexibility index (Phi) is 5.52. The molecule has 0 fully saturated rings. The summed E-state index contributed by atoms with van der Waals surface area (Å²) in [5.41, 5.74) is 2.73. The molecular weight excluding hydrogens is 413 g/mol. The zero-order valence-corrected chi connectivity index (χ0v) is 17.3. The van der Waals surface area contributed by atoms with Crippen molar-refractivity contribution in [3.63, 3.8) is 0 Å². The van der Waals surface area contributed by atoms with E-state index in [4.69, 9.17) is 10.00 Å². The number of amides is 2. The highest BCUT2D eigenvalue weighted by Crippen LogP contribution is 2.31. The fourth-order valence-electron chi connectivity index (χ4n) is 3.35. The number of nitrogens with one attached hydrogen (secondary N) is 1. The Balaban J connectivity index is 1.56. The molecule has 1 aliphatic heterocycles. The Morgan fingerprint density at radius 2 is 2.03 bits per heavy atom. The summed E-state index contributed by atoms with van der Waals surface area (Å²) in [4.78, 5) is 35.5. The summed E-state index contributed by atoms with van der Waals surface area (Å²) in [7, 11) is 1.57. The van der Waals surface area contributed by atoms with Gasteiger partial charge in [-0.1, -0.05) is 0 Å². The van der Waals surface area contributed by atoms with Crippen LogP contribution in [-0.4, -0.2) is 41.5 Å². The number of nitrogens with zero attached hydrogens (tertiary/aromatic N) is 4. The largest absolute Gasteiger partial charge is 0.489 e. The minimum absolute atomic E-state index is 0.118. The molecule has 2 heterocycles. The molecule has 9 heteroatoms. The Morgan fingerprint density at radius 3 is 2.75 bits per heavy atom. The maximum absolute atomic E-state index is 13.3. The van der Waals surface area contributed by atoms with E-state index in [9.17, 15) is 14.0 Å². The van der Waals surface area contributed by atoms with E-state index in [-0.39, 0.29) is 24.2 Å². The van der Waals surface area contributed by atoms with E-state index in [1.165, 1.54) is 23.2 Å². The summed E-state index contributed by atoms with van der Waals surface area (Å²) in [5, 5.41) is 11.7. The molecule has 160 valence electrons. The van der Waals surface area contributed by atoms with Gasteiger partial charge in [-0.2, -0.15) is 5.26 Å². The lowest BCUT2D eigenvalue weighted by molar-refractivity contribution is -0.120. The van der Waals surface area contributed by atoms with E-state index in [2.05, 4.69) is 15.3 Å². The van der Waals surface area contributed by atoms with Gasteiger partial charge in [0.2, 0.25) is 5.82 Å². The molecule has 1 unspecified atom stereocenters. The summed E-state index contributed by atoms with van der Waals surface area (Å²) >= 11 is 0. The third kappa shape index (κ3) is 3.98. The van der Waals surface area contributed by atoms with E-state index in [0.29, 0.717) is 33.8 Å². The number of carbonyl (C=O) groups excluding carboxylic acids is 2. The van der Waals surface area contributed by atoms with Gasteiger partial charge >= 0.3 is 0 Å². The molecule has 0 aliphatic carbocycles. The van der Waals surface area contributed by atoms with Crippen LogP contribution in [0.1, 0.15) is 21.7 Å². The van der Waals surface area contributed by atoms with Gasteiger partial charge in [-0.05, 0) is 48.9 Å². The van der Waals surface area contributed by atoms with Gasteiger partial charge in [0.05, 0.1) is 23.0 Å². The van der Waals surface area contributed by atoms with E-state index < -0.39 is 11.9 Å². The van der Waals surface area contributed by atoms with E-state index in [1.54, 1.807) is 44.3 Å². The molecule has 2 aromatic carbocycles. The lowest BCUT2D eigenvalue weighted by Gasteiger charge is -2.20. The van der Waals surface area contributed by atoms with Crippen LogP contribution in [0.15, 0.2) is 48.7 Å². The Labute approximate surface area is 183 Å². The molecular formula is C23H18FN5O3. The first-order chi connectivity index (χ1) is 15.4. The number of halogens is 1. The highest BCUT2D eigenvalue weighted by molar-refractivity contribution is 6.02. The van der Waals surface area contributed by atoms with Crippen LogP contribution in [0.4, 0.5) is 10.1 Å². The third-order valence-electron chi connectivity index (χ3n) is 5.08. The quantitative estimate of drug-likeness (QED) is 0.683. The Hall–Kier alpha value is -4.32. The van der Waals surface area contributed by atoms with Crippen molar-refractivity contribution in [1.29, 1.82) is 5.26 Å². The van der Waals surface area contributed by atoms with Crippen molar-refractivity contribution in [2.45, 2.75) is 13.0 Å². The zero-order chi connectivity index (χ0) is 22.8. The second-order valence-electron chi connectivity index (χ2n) is 7.26. The number of rotatable bonds is 3. The first-order valence-electron chi connectivity index (χ1n) is 9.72. The molecule has 1 atom stereocenters. The number of nitriles is 1. The number of hydrogen-bond donors (Lipinski definition) is 1. The number of hydrogen-bond acceptors (Lipinski definition) is 6. The molecule has 0 saturated heterocycles. The predicted octanol–water partition coefficient (Wildman–Crippen LogP) is 2.62. The van der Waals surface area contributed by atoms with Crippen LogP contribution < -0.4 is 15.0 Å². The number of anilines is 1. The second kappa shape index (κ2) is 8.43. The van der Waals surface area contributed by atoms with Crippen molar-refractivity contribution in [2.75, 3.05) is 18.6 Å². The summed E-state index contributed by atoms with van der Waals surface area (Å²) in [5.74, 6) is -1.15. The topological polar surface area (TPSA) is 108 Å². The molecule has 32 heavy (non-hydrogen) atoms. The number of aromatic nitrogens is 2. The molecule has 1 N–H and O–H groups in total. The average molecular weight is 431 g/mol. The number of carbonyl (C=O) groups is 2. The summed E-state index contributed by atoms with van der Waals surface area (Å²) < 4.78 is 19.0. The van der Waals surface area contributed by atoms with Crippen molar-refractivity contribution in [3.8, 4) is 23.1 Å². The van der Waals surface area contributed by atoms with Crippen molar-refractivity contribution < 1.29 is 18.7 Å². The Bertz CT molecular complexity index is 1250. The van der Waals surface area contributed by atoms with Gasteiger partial charge in [-0.3, -0.25) is 9.59 Å². The summed E-state index contributed by atoms with van der Waals surface area (Å²) in [6.45, 7) is 1.66. The van der Waals surface area contributed by atoms with Crippen LogP contribution in [0.3, 0.4) is 0 Å². The van der Waals surface area contributed by atoms with Gasteiger partial charge in [-0.25, -0.2) is 14.4 Å². The normalized spacial score (nSPS) is 15.2. The fraction of sp³-hybridized carbons (Fsp3) is 0.174. The number of fused-ring (bicyclic) bond motifs is 1. The third-order valence-corrected chi connectivity index (χ3v) is 5.08. The summed E-state index contributed by atoms with van der Waals surface area (Å²) in [6, 6.07) is 11.5. The van der Waals surface area contributed by atoms with Gasteiger partial charge in [0.25, 0.3) is 11.8 Å². The first kappa shape index (κ1) is 20.9. The second-order valence-corrected chi connectivity index (χ2v) is 7.26. The van der Waals surface area contributed by atoms with Crippen LogP contribution >= 0.6 is 0 Å². The molecule has 0 bridgehead atoms. The fourth-order valence-corrected chi connectivity index (χ4v) is 3.35. The molecule has 4 rings (SSSR count). The SMILES string of the molecule is Cc1cnc(C(=O)NC2COc3cc(C#N)ccc3N(C)C2=O)nc1-c1ccc(F)cc1. The Morgan fingerprint density at radius 1 is 1.28 bits per heavy atom. The number of likely N-dealkylation sites (N-methyl/N-ethyl adjacent to an activating group) is 1. The van der Waals surface area contributed by atoms with Gasteiger partial charge in [-0.15, -0.1) is 0 Å². The van der Waals surface area contributed by atoms with Crippen molar-refractivity contribution in [1.82, 2.24) is 15.3 Å². The van der Waals surface area contributed by atoms with Gasteiger partial charge in [0.1, 0.15) is 24.2 Å². The van der Waals surface area contributed by atoms with Crippen LogP contribution in [0.2, 0.25) is 0 Å². The monoisotopic (exact) mass is 431 g/mol. The molecule has 1 aromatic heterocycles. The average Bonchev–Trinajstić information content (AvgIpc) is 2.91. The van der Waals surface area contributed by atoms with Crippen LogP contribution in [0, 0.1) is 24.1 Å². The maximum Gasteiger partial charge on any atom is 0.289 e. The molecule has 0 spiro atoms. The van der Waals surface area contributed by atoms with Crippen LogP contribution in [-0.2, 0) is 4.79 Å². The van der Waals surface area contributed by atoms with Crippen molar-refractivity contribution in [2.24, 2.45) is 0 Å². The van der Waals surface area contributed by atoms with E-state index in [1.807, 2.05) is 6.07 Å². The highest BCUT2D eigenvalue weighted by Gasteiger charge is 2.31. The highest BCUT2D eigenvalue weighted by atomic mass is 19.1. The van der Waals surface area contributed by atoms with Gasteiger partial charge in [0, 0.05) is 24.9 Å². The predicted molar refractivity (Wildman–Crippen MR) is 113 cm³/mol. The van der Waals surface area contributed by atoms with Crippen LogP contribution in [0.25, 0.3) is 11.3 Å². The smallest absolute Gasteiger partial charge is 0.289 e. The first-order valence-corrected chi connectivity index (χ1v) is 9.72. The maximum atomic E-state index is 13.3. The van der Waals surface area contributed by atoms with Crippen molar-refractivity contribution in [3.05, 3.63) is 71.4 Å². The van der Waals surface area contributed by atoms with E-state index in [0.717, 1.165) is 0 Å². The molecule has 3 aromatic rings. The standard InChI is InChI=1S/C23H18FN5O3/c1-13-11-26-21(28-20(13)15-4-6-16(24)7-5-15)22(30)27-17-12-32-19-9-14(10-25)3-8-18(19)29(2)23(17)31/h3-9,11,17H,12H2,1-2H3,(H,27,30). The molecule has 8 nitrogen and oxygen atoms in total. The number of benzene rings is 2. The molecule has 2 amide bonds. The molecule has 1 aliphatic rings. The van der Waals surface area contributed by atoms with Gasteiger partial charge < -0.3 is 15.0 Å². The molecule has 0 saturated carbocycles. The lowest BCUT2D eigenvalue weighted by Crippen LogP contribution is -2.49.